The van der Waals surface area contributed by atoms with Crippen molar-refractivity contribution in [2.45, 2.75) is 10.6 Å². The molecule has 0 heterocycles. The van der Waals surface area contributed by atoms with Crippen molar-refractivity contribution in [1.82, 2.24) is 0 Å². The van der Waals surface area contributed by atoms with Gasteiger partial charge in [0.15, 0.2) is 0 Å². The lowest BCUT2D eigenvalue weighted by atomic mass is 10.1. The van der Waals surface area contributed by atoms with Gasteiger partial charge < -0.3 is 5.73 Å². The van der Waals surface area contributed by atoms with E-state index in [-0.39, 0.29) is 5.56 Å². The van der Waals surface area contributed by atoms with Gasteiger partial charge in [0.1, 0.15) is 11.9 Å². The Morgan fingerprint density at radius 3 is 2.79 bits per heavy atom. The predicted octanol–water partition coefficient (Wildman–Crippen LogP) is 4.23. The van der Waals surface area contributed by atoms with Crippen molar-refractivity contribution in [2.75, 3.05) is 5.73 Å². The van der Waals surface area contributed by atoms with Crippen LogP contribution in [0.25, 0.3) is 0 Å². The van der Waals surface area contributed by atoms with Gasteiger partial charge in [0.25, 0.3) is 0 Å². The highest BCUT2D eigenvalue weighted by Gasteiger charge is 2.05. The van der Waals surface area contributed by atoms with E-state index in [0.717, 1.165) is 10.5 Å². The first kappa shape index (κ1) is 13.7. The summed E-state index contributed by atoms with van der Waals surface area (Å²) in [6.07, 6.45) is 0. The van der Waals surface area contributed by atoms with Crippen LogP contribution in [0.1, 0.15) is 11.1 Å². The summed E-state index contributed by atoms with van der Waals surface area (Å²) < 4.78 is 13.2. The Morgan fingerprint density at radius 2 is 2.05 bits per heavy atom. The summed E-state index contributed by atoms with van der Waals surface area (Å²) in [6.45, 7) is 0. The highest BCUT2D eigenvalue weighted by atomic mass is 35.5. The van der Waals surface area contributed by atoms with Crippen LogP contribution in [0.3, 0.4) is 0 Å². The minimum Gasteiger partial charge on any atom is -0.398 e. The SMILES string of the molecule is N#Cc1cc(CSc2cc(Cl)ccc2N)ccc1F. The number of anilines is 1. The van der Waals surface area contributed by atoms with E-state index in [4.69, 9.17) is 22.6 Å². The van der Waals surface area contributed by atoms with Gasteiger partial charge in [-0.3, -0.25) is 0 Å². The number of hydrogen-bond donors (Lipinski definition) is 1. The zero-order chi connectivity index (χ0) is 13.8. The number of hydrogen-bond acceptors (Lipinski definition) is 3. The van der Waals surface area contributed by atoms with Gasteiger partial charge in [-0.2, -0.15) is 5.26 Å². The standard InChI is InChI=1S/C14H10ClFN2S/c15-11-2-4-13(18)14(6-11)19-8-9-1-3-12(16)10(5-9)7-17/h1-6H,8,18H2. The molecule has 0 aliphatic heterocycles. The van der Waals surface area contributed by atoms with Gasteiger partial charge in [0, 0.05) is 21.4 Å². The molecule has 2 nitrogen and oxygen atoms in total. The number of benzene rings is 2. The second-order valence-corrected chi connectivity index (χ2v) is 5.35. The molecule has 0 unspecified atom stereocenters. The Morgan fingerprint density at radius 1 is 1.26 bits per heavy atom. The number of nitriles is 1. The molecule has 0 aromatic heterocycles. The van der Waals surface area contributed by atoms with E-state index in [1.807, 2.05) is 6.07 Å². The number of rotatable bonds is 3. The Balaban J connectivity index is 2.15. The van der Waals surface area contributed by atoms with Crippen LogP contribution in [0.5, 0.6) is 0 Å². The summed E-state index contributed by atoms with van der Waals surface area (Å²) in [5.41, 5.74) is 7.41. The summed E-state index contributed by atoms with van der Waals surface area (Å²) in [5.74, 6) is 0.0954. The number of halogens is 2. The molecule has 0 bridgehead atoms. The van der Waals surface area contributed by atoms with Crippen molar-refractivity contribution in [3.05, 3.63) is 58.4 Å². The van der Waals surface area contributed by atoms with Crippen LogP contribution in [0.15, 0.2) is 41.3 Å². The summed E-state index contributed by atoms with van der Waals surface area (Å²) in [6, 6.07) is 11.6. The fourth-order valence-electron chi connectivity index (χ4n) is 1.54. The van der Waals surface area contributed by atoms with E-state index in [1.165, 1.54) is 17.8 Å². The minimum atomic E-state index is -0.501. The fourth-order valence-corrected chi connectivity index (χ4v) is 2.73. The Kier molecular flexibility index (Phi) is 4.31. The van der Waals surface area contributed by atoms with Gasteiger partial charge in [-0.25, -0.2) is 4.39 Å². The van der Waals surface area contributed by atoms with Crippen LogP contribution in [-0.4, -0.2) is 0 Å². The average Bonchev–Trinajstić information content (AvgIpc) is 2.41. The lowest BCUT2D eigenvalue weighted by Crippen LogP contribution is -1.90. The third kappa shape index (κ3) is 3.40. The Hall–Kier alpha value is -1.70. The molecule has 2 rings (SSSR count). The Bertz CT molecular complexity index is 652. The van der Waals surface area contributed by atoms with Crippen molar-refractivity contribution in [1.29, 1.82) is 5.26 Å². The number of nitrogens with zero attached hydrogens (tertiary/aromatic N) is 1. The maximum Gasteiger partial charge on any atom is 0.140 e. The highest BCUT2D eigenvalue weighted by molar-refractivity contribution is 7.98. The third-order valence-corrected chi connectivity index (χ3v) is 3.90. The smallest absolute Gasteiger partial charge is 0.140 e. The minimum absolute atomic E-state index is 0.0529. The molecule has 0 fully saturated rings. The zero-order valence-electron chi connectivity index (χ0n) is 9.86. The van der Waals surface area contributed by atoms with Gasteiger partial charge >= 0.3 is 0 Å². The first-order chi connectivity index (χ1) is 9.10. The molecule has 19 heavy (non-hydrogen) atoms. The van der Waals surface area contributed by atoms with E-state index in [9.17, 15) is 4.39 Å². The molecule has 2 aromatic rings. The van der Waals surface area contributed by atoms with Gasteiger partial charge in [0.2, 0.25) is 0 Å². The molecule has 2 aromatic carbocycles. The van der Waals surface area contributed by atoms with Crippen LogP contribution < -0.4 is 5.73 Å². The molecule has 0 amide bonds. The molecule has 0 saturated carbocycles. The van der Waals surface area contributed by atoms with Gasteiger partial charge in [-0.15, -0.1) is 11.8 Å². The van der Waals surface area contributed by atoms with Gasteiger partial charge in [0.05, 0.1) is 5.56 Å². The molecule has 2 N–H and O–H groups in total. The first-order valence-electron chi connectivity index (χ1n) is 5.46. The van der Waals surface area contributed by atoms with E-state index >= 15 is 0 Å². The quantitative estimate of drug-likeness (QED) is 0.680. The van der Waals surface area contributed by atoms with Gasteiger partial charge in [-0.05, 0) is 35.9 Å². The summed E-state index contributed by atoms with van der Waals surface area (Å²) >= 11 is 7.40. The molecule has 0 atom stereocenters. The van der Waals surface area contributed by atoms with Crippen LogP contribution in [-0.2, 0) is 5.75 Å². The molecule has 0 aliphatic rings. The van der Waals surface area contributed by atoms with Crippen LogP contribution >= 0.6 is 23.4 Å². The number of thioether (sulfide) groups is 1. The van der Waals surface area contributed by atoms with Crippen molar-refractivity contribution in [2.24, 2.45) is 0 Å². The van der Waals surface area contributed by atoms with Crippen LogP contribution in [0.2, 0.25) is 5.02 Å². The molecule has 96 valence electrons. The maximum absolute atomic E-state index is 13.2. The Labute approximate surface area is 120 Å². The van der Waals surface area contributed by atoms with E-state index in [0.29, 0.717) is 16.5 Å². The molecule has 0 spiro atoms. The third-order valence-electron chi connectivity index (χ3n) is 2.52. The molecule has 0 radical (unpaired) electrons. The van der Waals surface area contributed by atoms with Crippen molar-refractivity contribution in [3.63, 3.8) is 0 Å². The molecular formula is C14H10ClFN2S. The van der Waals surface area contributed by atoms with Crippen LogP contribution in [0.4, 0.5) is 10.1 Å². The number of nitrogens with two attached hydrogens (primary N) is 1. The van der Waals surface area contributed by atoms with Crippen molar-refractivity contribution >= 4 is 29.1 Å². The second kappa shape index (κ2) is 5.96. The molecular weight excluding hydrogens is 283 g/mol. The molecule has 0 saturated heterocycles. The van der Waals surface area contributed by atoms with Crippen molar-refractivity contribution < 1.29 is 4.39 Å². The first-order valence-corrected chi connectivity index (χ1v) is 6.83. The lowest BCUT2D eigenvalue weighted by Gasteiger charge is -2.06. The van der Waals surface area contributed by atoms with E-state index < -0.39 is 5.82 Å². The van der Waals surface area contributed by atoms with E-state index in [2.05, 4.69) is 0 Å². The lowest BCUT2D eigenvalue weighted by molar-refractivity contribution is 0.623. The topological polar surface area (TPSA) is 49.8 Å². The second-order valence-electron chi connectivity index (χ2n) is 3.90. The van der Waals surface area contributed by atoms with Crippen LogP contribution in [0, 0.1) is 17.1 Å². The highest BCUT2D eigenvalue weighted by Crippen LogP contribution is 2.30. The van der Waals surface area contributed by atoms with E-state index in [1.54, 1.807) is 30.3 Å². The average molecular weight is 293 g/mol. The fraction of sp³-hybridized carbons (Fsp3) is 0.0714. The largest absolute Gasteiger partial charge is 0.398 e. The van der Waals surface area contributed by atoms with Gasteiger partial charge in [-0.1, -0.05) is 17.7 Å². The summed E-state index contributed by atoms with van der Waals surface area (Å²) in [5, 5.41) is 9.39. The number of nitrogen functional groups attached to an aromatic ring is 1. The molecule has 5 heteroatoms. The summed E-state index contributed by atoms with van der Waals surface area (Å²) in [7, 11) is 0. The zero-order valence-corrected chi connectivity index (χ0v) is 11.4. The normalized spacial score (nSPS) is 10.2. The molecule has 0 aliphatic carbocycles. The maximum atomic E-state index is 13.2. The van der Waals surface area contributed by atoms with Crippen molar-refractivity contribution in [3.8, 4) is 6.07 Å². The predicted molar refractivity (Wildman–Crippen MR) is 76.5 cm³/mol. The summed E-state index contributed by atoms with van der Waals surface area (Å²) in [4.78, 5) is 0.871. The monoisotopic (exact) mass is 292 g/mol.